The third-order valence-electron chi connectivity index (χ3n) is 3.42. The van der Waals surface area contributed by atoms with Crippen LogP contribution in [0, 0.1) is 0 Å². The van der Waals surface area contributed by atoms with E-state index in [1.807, 2.05) is 0 Å². The van der Waals surface area contributed by atoms with Crippen LogP contribution in [0.25, 0.3) is 11.2 Å². The van der Waals surface area contributed by atoms with E-state index >= 15 is 0 Å². The predicted octanol–water partition coefficient (Wildman–Crippen LogP) is -1.83. The fourth-order valence-electron chi connectivity index (χ4n) is 2.31. The lowest BCUT2D eigenvalue weighted by molar-refractivity contribution is -0.156. The molecule has 2 aromatic rings. The van der Waals surface area contributed by atoms with Crippen molar-refractivity contribution in [3.05, 3.63) is 12.7 Å². The van der Waals surface area contributed by atoms with E-state index in [1.54, 1.807) is 0 Å². The van der Waals surface area contributed by atoms with Crippen LogP contribution < -0.4 is 11.5 Å². The van der Waals surface area contributed by atoms with Crippen molar-refractivity contribution in [2.24, 2.45) is 5.73 Å². The van der Waals surface area contributed by atoms with Crippen molar-refractivity contribution in [2.75, 3.05) is 12.8 Å². The van der Waals surface area contributed by atoms with Gasteiger partial charge in [-0.1, -0.05) is 0 Å². The number of carbonyl (C=O) groups is 1. The molecule has 0 bridgehead atoms. The predicted molar refractivity (Wildman–Crippen MR) is 69.6 cm³/mol. The number of hydrogen-bond acceptors (Lipinski definition) is 9. The Hall–Kier alpha value is -2.30. The molecule has 10 nitrogen and oxygen atoms in total. The zero-order valence-corrected chi connectivity index (χ0v) is 11.1. The number of nitrogen functional groups attached to an aromatic ring is 1. The van der Waals surface area contributed by atoms with Crippen LogP contribution in [0.2, 0.25) is 0 Å². The fraction of sp³-hybridized carbons (Fsp3) is 0.455. The Kier molecular flexibility index (Phi) is 3.20. The summed E-state index contributed by atoms with van der Waals surface area (Å²) in [7, 11) is 1.22. The molecule has 0 unspecified atom stereocenters. The van der Waals surface area contributed by atoms with Gasteiger partial charge in [-0.25, -0.2) is 19.7 Å². The number of nitrogens with two attached hydrogens (primary N) is 2. The van der Waals surface area contributed by atoms with Crippen molar-refractivity contribution in [3.8, 4) is 0 Å². The lowest BCUT2D eigenvalue weighted by Gasteiger charge is -2.16. The minimum absolute atomic E-state index is 0.208. The number of anilines is 1. The highest BCUT2D eigenvalue weighted by Crippen LogP contribution is 2.31. The van der Waals surface area contributed by atoms with Crippen molar-refractivity contribution < 1.29 is 19.4 Å². The first-order valence-electron chi connectivity index (χ1n) is 6.14. The first-order chi connectivity index (χ1) is 10.0. The maximum absolute atomic E-state index is 11.6. The fourth-order valence-corrected chi connectivity index (χ4v) is 2.31. The van der Waals surface area contributed by atoms with Gasteiger partial charge in [-0.05, 0) is 0 Å². The van der Waals surface area contributed by atoms with E-state index in [0.717, 1.165) is 0 Å². The molecule has 1 aliphatic heterocycles. The van der Waals surface area contributed by atoms with E-state index in [0.29, 0.717) is 11.2 Å². The van der Waals surface area contributed by atoms with Gasteiger partial charge in [0.2, 0.25) is 0 Å². The van der Waals surface area contributed by atoms with Crippen LogP contribution in [0.15, 0.2) is 12.7 Å². The van der Waals surface area contributed by atoms with E-state index in [9.17, 15) is 9.90 Å². The Balaban J connectivity index is 2.00. The maximum atomic E-state index is 11.6. The minimum Gasteiger partial charge on any atom is -0.467 e. The number of fused-ring (bicyclic) bond motifs is 1. The molecule has 1 fully saturated rings. The molecular formula is C11H14N6O4. The molecule has 0 amide bonds. The summed E-state index contributed by atoms with van der Waals surface area (Å²) in [4.78, 5) is 23.6. The van der Waals surface area contributed by atoms with E-state index in [-0.39, 0.29) is 5.82 Å². The molecular weight excluding hydrogens is 280 g/mol. The van der Waals surface area contributed by atoms with Crippen LogP contribution >= 0.6 is 0 Å². The number of rotatable bonds is 2. The Morgan fingerprint density at radius 2 is 2.24 bits per heavy atom. The van der Waals surface area contributed by atoms with Crippen molar-refractivity contribution in [1.82, 2.24) is 19.5 Å². The Morgan fingerprint density at radius 3 is 2.95 bits per heavy atom. The summed E-state index contributed by atoms with van der Waals surface area (Å²) in [5.41, 5.74) is 12.3. The van der Waals surface area contributed by atoms with Gasteiger partial charge < -0.3 is 26.0 Å². The van der Waals surface area contributed by atoms with Gasteiger partial charge in [-0.2, -0.15) is 0 Å². The van der Waals surface area contributed by atoms with Crippen LogP contribution in [0.3, 0.4) is 0 Å². The van der Waals surface area contributed by atoms with E-state index in [1.165, 1.54) is 24.3 Å². The molecule has 0 spiro atoms. The molecule has 1 saturated heterocycles. The van der Waals surface area contributed by atoms with E-state index in [4.69, 9.17) is 16.2 Å². The van der Waals surface area contributed by atoms with Crippen molar-refractivity contribution in [1.29, 1.82) is 0 Å². The highest BCUT2D eigenvalue weighted by molar-refractivity contribution is 5.81. The summed E-state index contributed by atoms with van der Waals surface area (Å²) in [5.74, 6) is -0.442. The van der Waals surface area contributed by atoms with Crippen LogP contribution in [-0.2, 0) is 14.3 Å². The second kappa shape index (κ2) is 4.91. The standard InChI is InChI=1S/C11H14N6O4/c1-20-11(19)7-4(12)6(18)10(21-7)17-3-16-5-8(13)14-2-15-9(5)17/h2-4,6-7,10,18H,12H2,1H3,(H2,13,14,15)/t4-,6+,7-,10+/m0/s1. The number of ether oxygens (including phenoxy) is 2. The van der Waals surface area contributed by atoms with Gasteiger partial charge in [0.25, 0.3) is 0 Å². The molecule has 112 valence electrons. The SMILES string of the molecule is COC(=O)[C@H]1O[C@@H](n2cnc3c(N)ncnc32)[C@H](O)[C@@H]1N. The minimum atomic E-state index is -1.12. The van der Waals surface area contributed by atoms with Crippen molar-refractivity contribution in [2.45, 2.75) is 24.5 Å². The molecule has 5 N–H and O–H groups in total. The van der Waals surface area contributed by atoms with Crippen LogP contribution in [0.4, 0.5) is 5.82 Å². The van der Waals surface area contributed by atoms with Gasteiger partial charge in [0.15, 0.2) is 23.8 Å². The third-order valence-corrected chi connectivity index (χ3v) is 3.42. The molecule has 0 aromatic carbocycles. The summed E-state index contributed by atoms with van der Waals surface area (Å²) in [6.07, 6.45) is -0.428. The smallest absolute Gasteiger partial charge is 0.336 e. The molecule has 4 atom stereocenters. The Labute approximate surface area is 118 Å². The van der Waals surface area contributed by atoms with Gasteiger partial charge in [0.05, 0.1) is 19.5 Å². The zero-order valence-electron chi connectivity index (χ0n) is 11.1. The molecule has 0 radical (unpaired) electrons. The van der Waals surface area contributed by atoms with Gasteiger partial charge in [0.1, 0.15) is 17.9 Å². The highest BCUT2D eigenvalue weighted by Gasteiger charge is 2.47. The first kappa shape index (κ1) is 13.7. The van der Waals surface area contributed by atoms with Gasteiger partial charge in [0, 0.05) is 0 Å². The summed E-state index contributed by atoms with van der Waals surface area (Å²) in [6.45, 7) is 0. The first-order valence-corrected chi connectivity index (χ1v) is 6.14. The van der Waals surface area contributed by atoms with Crippen molar-refractivity contribution in [3.63, 3.8) is 0 Å². The van der Waals surface area contributed by atoms with Crippen LogP contribution in [0.5, 0.6) is 0 Å². The Morgan fingerprint density at radius 1 is 1.48 bits per heavy atom. The molecule has 2 aromatic heterocycles. The lowest BCUT2D eigenvalue weighted by Crippen LogP contribution is -2.43. The third kappa shape index (κ3) is 2.00. The molecule has 0 aliphatic carbocycles. The average molecular weight is 294 g/mol. The number of aromatic nitrogens is 4. The summed E-state index contributed by atoms with van der Waals surface area (Å²) >= 11 is 0. The van der Waals surface area contributed by atoms with Crippen molar-refractivity contribution >= 4 is 23.0 Å². The zero-order chi connectivity index (χ0) is 15.1. The highest BCUT2D eigenvalue weighted by atomic mass is 16.6. The molecule has 3 rings (SSSR count). The molecule has 1 aliphatic rings. The monoisotopic (exact) mass is 294 g/mol. The van der Waals surface area contributed by atoms with Gasteiger partial charge in [-0.3, -0.25) is 4.57 Å². The topological polar surface area (TPSA) is 151 Å². The van der Waals surface area contributed by atoms with E-state index < -0.39 is 30.4 Å². The number of aliphatic hydroxyl groups excluding tert-OH is 1. The van der Waals surface area contributed by atoms with Gasteiger partial charge in [-0.15, -0.1) is 0 Å². The second-order valence-corrected chi connectivity index (χ2v) is 4.62. The summed E-state index contributed by atoms with van der Waals surface area (Å²) < 4.78 is 11.6. The largest absolute Gasteiger partial charge is 0.467 e. The quantitative estimate of drug-likeness (QED) is 0.543. The number of hydrogen-bond donors (Lipinski definition) is 3. The number of aliphatic hydroxyl groups is 1. The Bertz CT molecular complexity index is 688. The number of nitrogens with zero attached hydrogens (tertiary/aromatic N) is 4. The summed E-state index contributed by atoms with van der Waals surface area (Å²) in [6, 6.07) is -0.918. The molecule has 10 heteroatoms. The van der Waals surface area contributed by atoms with Gasteiger partial charge >= 0.3 is 5.97 Å². The lowest BCUT2D eigenvalue weighted by atomic mass is 10.1. The number of carbonyl (C=O) groups excluding carboxylic acids is 1. The van der Waals surface area contributed by atoms with Crippen LogP contribution in [-0.4, -0.2) is 56.0 Å². The number of imidazole rings is 1. The molecule has 3 heterocycles. The van der Waals surface area contributed by atoms with Crippen LogP contribution in [0.1, 0.15) is 6.23 Å². The second-order valence-electron chi connectivity index (χ2n) is 4.62. The number of methoxy groups -OCH3 is 1. The normalized spacial score (nSPS) is 28.9. The molecule has 21 heavy (non-hydrogen) atoms. The van der Waals surface area contributed by atoms with E-state index in [2.05, 4.69) is 19.7 Å². The molecule has 0 saturated carbocycles. The average Bonchev–Trinajstić information content (AvgIpc) is 3.02. The summed E-state index contributed by atoms with van der Waals surface area (Å²) in [5, 5.41) is 10.2. The number of esters is 1. The maximum Gasteiger partial charge on any atom is 0.336 e.